The lowest BCUT2D eigenvalue weighted by molar-refractivity contribution is 0.347. The van der Waals surface area contributed by atoms with E-state index in [1.165, 1.54) is 0 Å². The molecule has 0 aliphatic carbocycles. The average Bonchev–Trinajstić information content (AvgIpc) is 2.43. The maximum Gasteiger partial charge on any atom is 0.164 e. The number of ether oxygens (including phenoxy) is 3. The van der Waals surface area contributed by atoms with Crippen molar-refractivity contribution in [3.63, 3.8) is 0 Å². The summed E-state index contributed by atoms with van der Waals surface area (Å²) in [4.78, 5) is 0. The molecule has 0 spiro atoms. The predicted octanol–water partition coefficient (Wildman–Crippen LogP) is 3.52. The first kappa shape index (κ1) is 15.0. The zero-order valence-electron chi connectivity index (χ0n) is 11.5. The van der Waals surface area contributed by atoms with Gasteiger partial charge < -0.3 is 14.2 Å². The first-order chi connectivity index (χ1) is 8.65. The van der Waals surface area contributed by atoms with Crippen LogP contribution in [0.3, 0.4) is 0 Å². The van der Waals surface area contributed by atoms with Gasteiger partial charge in [0.1, 0.15) is 5.75 Å². The van der Waals surface area contributed by atoms with E-state index in [9.17, 15) is 0 Å². The fraction of sp³-hybridized carbons (Fsp3) is 0.571. The van der Waals surface area contributed by atoms with Gasteiger partial charge in [0.2, 0.25) is 0 Å². The van der Waals surface area contributed by atoms with Crippen LogP contribution >= 0.6 is 11.6 Å². The Morgan fingerprint density at radius 2 is 1.56 bits per heavy atom. The Labute approximate surface area is 114 Å². The molecule has 0 aliphatic rings. The summed E-state index contributed by atoms with van der Waals surface area (Å²) in [5.41, 5.74) is 1.12. The molecule has 0 fully saturated rings. The van der Waals surface area contributed by atoms with Crippen molar-refractivity contribution >= 4 is 11.6 Å². The van der Waals surface area contributed by atoms with Crippen LogP contribution in [0.5, 0.6) is 17.2 Å². The molecular weight excluding hydrogens is 252 g/mol. The molecule has 0 saturated carbocycles. The lowest BCUT2D eigenvalue weighted by Crippen LogP contribution is -2.01. The van der Waals surface area contributed by atoms with Crippen LogP contribution < -0.4 is 14.2 Å². The number of alkyl halides is 1. The molecule has 1 rings (SSSR count). The highest BCUT2D eigenvalue weighted by Gasteiger charge is 2.12. The molecule has 0 amide bonds. The van der Waals surface area contributed by atoms with Crippen LogP contribution in [0.4, 0.5) is 0 Å². The molecule has 0 aromatic heterocycles. The van der Waals surface area contributed by atoms with Gasteiger partial charge in [0.25, 0.3) is 0 Å². The topological polar surface area (TPSA) is 27.7 Å². The lowest BCUT2D eigenvalue weighted by Gasteiger charge is -2.15. The number of hydrogen-bond acceptors (Lipinski definition) is 3. The van der Waals surface area contributed by atoms with Gasteiger partial charge in [0, 0.05) is 11.9 Å². The first-order valence-corrected chi connectivity index (χ1v) is 6.54. The summed E-state index contributed by atoms with van der Waals surface area (Å²) in [6.07, 6.45) is 1.94. The molecule has 0 bridgehead atoms. The highest BCUT2D eigenvalue weighted by molar-refractivity contribution is 6.18. The van der Waals surface area contributed by atoms with Gasteiger partial charge in [0.05, 0.1) is 21.3 Å². The summed E-state index contributed by atoms with van der Waals surface area (Å²) in [6, 6.07) is 3.83. The Morgan fingerprint density at radius 1 is 1.00 bits per heavy atom. The molecule has 0 radical (unpaired) electrons. The molecule has 0 aliphatic heterocycles. The Kier molecular flexibility index (Phi) is 6.13. The van der Waals surface area contributed by atoms with Gasteiger partial charge >= 0.3 is 0 Å². The van der Waals surface area contributed by atoms with Crippen molar-refractivity contribution < 1.29 is 14.2 Å². The highest BCUT2D eigenvalue weighted by atomic mass is 35.5. The molecule has 18 heavy (non-hydrogen) atoms. The van der Waals surface area contributed by atoms with Gasteiger partial charge in [-0.15, -0.1) is 11.6 Å². The molecule has 1 atom stereocenters. The fourth-order valence-corrected chi connectivity index (χ4v) is 1.92. The Balaban J connectivity index is 2.94. The van der Waals surface area contributed by atoms with Gasteiger partial charge in [-0.05, 0) is 30.4 Å². The molecule has 0 N–H and O–H groups in total. The van der Waals surface area contributed by atoms with Crippen LogP contribution in [0.2, 0.25) is 0 Å². The Bertz CT molecular complexity index is 380. The molecule has 102 valence electrons. The Hall–Kier alpha value is -1.09. The summed E-state index contributed by atoms with van der Waals surface area (Å²) in [5, 5.41) is 0. The Morgan fingerprint density at radius 3 is 2.06 bits per heavy atom. The first-order valence-electron chi connectivity index (χ1n) is 6.01. The van der Waals surface area contributed by atoms with E-state index >= 15 is 0 Å². The largest absolute Gasteiger partial charge is 0.496 e. The van der Waals surface area contributed by atoms with Gasteiger partial charge in [0.15, 0.2) is 11.5 Å². The SMILES string of the molecule is COc1cc(OC)c(OC)cc1CCC(C)CCl. The minimum Gasteiger partial charge on any atom is -0.496 e. The molecule has 4 heteroatoms. The normalized spacial score (nSPS) is 12.1. The molecule has 0 saturated heterocycles. The van der Waals surface area contributed by atoms with Gasteiger partial charge in [-0.2, -0.15) is 0 Å². The van der Waals surface area contributed by atoms with Crippen molar-refractivity contribution in [1.29, 1.82) is 0 Å². The lowest BCUT2D eigenvalue weighted by atomic mass is 10.0. The summed E-state index contributed by atoms with van der Waals surface area (Å²) >= 11 is 5.82. The van der Waals surface area contributed by atoms with E-state index in [4.69, 9.17) is 25.8 Å². The van der Waals surface area contributed by atoms with E-state index in [-0.39, 0.29) is 0 Å². The second kappa shape index (κ2) is 7.37. The number of rotatable bonds is 7. The third-order valence-electron chi connectivity index (χ3n) is 2.96. The van der Waals surface area contributed by atoms with Gasteiger partial charge in [-0.1, -0.05) is 6.92 Å². The second-order valence-electron chi connectivity index (χ2n) is 4.32. The van der Waals surface area contributed by atoms with E-state index in [1.807, 2.05) is 12.1 Å². The fourth-order valence-electron chi connectivity index (χ4n) is 1.77. The van der Waals surface area contributed by atoms with Crippen LogP contribution in [0.25, 0.3) is 0 Å². The second-order valence-corrected chi connectivity index (χ2v) is 4.63. The molecule has 0 heterocycles. The van der Waals surface area contributed by atoms with Crippen LogP contribution in [-0.4, -0.2) is 27.2 Å². The summed E-state index contributed by atoms with van der Waals surface area (Å²) in [6.45, 7) is 2.14. The predicted molar refractivity (Wildman–Crippen MR) is 74.3 cm³/mol. The maximum absolute atomic E-state index is 5.82. The highest BCUT2D eigenvalue weighted by Crippen LogP contribution is 2.35. The van der Waals surface area contributed by atoms with Crippen molar-refractivity contribution in [2.24, 2.45) is 5.92 Å². The van der Waals surface area contributed by atoms with Crippen molar-refractivity contribution in [3.8, 4) is 17.2 Å². The zero-order chi connectivity index (χ0) is 13.5. The molecule has 1 aromatic carbocycles. The monoisotopic (exact) mass is 272 g/mol. The van der Waals surface area contributed by atoms with Crippen molar-refractivity contribution in [1.82, 2.24) is 0 Å². The smallest absolute Gasteiger partial charge is 0.164 e. The minimum atomic E-state index is 0.490. The summed E-state index contributed by atoms with van der Waals surface area (Å²) in [7, 11) is 4.91. The van der Waals surface area contributed by atoms with E-state index in [0.29, 0.717) is 17.5 Å². The van der Waals surface area contributed by atoms with Crippen molar-refractivity contribution in [2.45, 2.75) is 19.8 Å². The van der Waals surface area contributed by atoms with E-state index in [0.717, 1.165) is 29.9 Å². The number of halogens is 1. The van der Waals surface area contributed by atoms with E-state index in [1.54, 1.807) is 21.3 Å². The molecule has 3 nitrogen and oxygen atoms in total. The van der Waals surface area contributed by atoms with E-state index < -0.39 is 0 Å². The van der Waals surface area contributed by atoms with Gasteiger partial charge in [-0.25, -0.2) is 0 Å². The van der Waals surface area contributed by atoms with Crippen LogP contribution in [0.1, 0.15) is 18.9 Å². The molecular formula is C14H21ClO3. The maximum atomic E-state index is 5.82. The third kappa shape index (κ3) is 3.70. The third-order valence-corrected chi connectivity index (χ3v) is 3.48. The van der Waals surface area contributed by atoms with Crippen LogP contribution in [0.15, 0.2) is 12.1 Å². The van der Waals surface area contributed by atoms with Crippen molar-refractivity contribution in [2.75, 3.05) is 27.2 Å². The minimum absolute atomic E-state index is 0.490. The van der Waals surface area contributed by atoms with Crippen LogP contribution in [-0.2, 0) is 6.42 Å². The number of hydrogen-bond donors (Lipinski definition) is 0. The summed E-state index contributed by atoms with van der Waals surface area (Å²) < 4.78 is 15.9. The van der Waals surface area contributed by atoms with E-state index in [2.05, 4.69) is 6.92 Å². The molecule has 1 unspecified atom stereocenters. The number of aryl methyl sites for hydroxylation is 1. The van der Waals surface area contributed by atoms with Gasteiger partial charge in [-0.3, -0.25) is 0 Å². The number of benzene rings is 1. The number of methoxy groups -OCH3 is 3. The quantitative estimate of drug-likeness (QED) is 0.711. The summed E-state index contributed by atoms with van der Waals surface area (Å²) in [5.74, 6) is 3.41. The van der Waals surface area contributed by atoms with Crippen LogP contribution in [0, 0.1) is 5.92 Å². The standard InChI is InChI=1S/C14H21ClO3/c1-10(9-15)5-6-11-7-13(17-3)14(18-4)8-12(11)16-2/h7-8,10H,5-6,9H2,1-4H3. The van der Waals surface area contributed by atoms with Crippen molar-refractivity contribution in [3.05, 3.63) is 17.7 Å². The zero-order valence-corrected chi connectivity index (χ0v) is 12.2. The molecule has 1 aromatic rings. The average molecular weight is 273 g/mol.